The topological polar surface area (TPSA) is 59.9 Å². The minimum atomic E-state index is 0.508. The molecule has 5 nitrogen and oxygen atoms in total. The van der Waals surface area contributed by atoms with Gasteiger partial charge in [-0.3, -0.25) is 4.98 Å². The van der Waals surface area contributed by atoms with Gasteiger partial charge in [-0.05, 0) is 33.3 Å². The van der Waals surface area contributed by atoms with Crippen LogP contribution in [-0.4, -0.2) is 27.4 Å². The predicted octanol–water partition coefficient (Wildman–Crippen LogP) is 4.07. The monoisotopic (exact) mass is 354 g/mol. The van der Waals surface area contributed by atoms with Gasteiger partial charge in [0, 0.05) is 17.6 Å². The quantitative estimate of drug-likeness (QED) is 0.599. The van der Waals surface area contributed by atoms with Gasteiger partial charge >= 0.3 is 0 Å². The summed E-state index contributed by atoms with van der Waals surface area (Å²) in [6.07, 6.45) is 2.55. The summed E-state index contributed by atoms with van der Waals surface area (Å²) in [5.74, 6) is 2.70. The maximum absolute atomic E-state index is 6.24. The summed E-state index contributed by atoms with van der Waals surface area (Å²) in [6, 6.07) is 1.86. The summed E-state index contributed by atoms with van der Waals surface area (Å²) in [5, 5.41) is 3.75. The molecule has 0 aliphatic heterocycles. The highest BCUT2D eigenvalue weighted by molar-refractivity contribution is 6.33. The number of ether oxygens (including phenoxy) is 1. The third kappa shape index (κ3) is 4.69. The van der Waals surface area contributed by atoms with Gasteiger partial charge in [0.15, 0.2) is 0 Å². The number of hydrogen-bond acceptors (Lipinski definition) is 5. The number of pyridine rings is 1. The van der Waals surface area contributed by atoms with Crippen molar-refractivity contribution in [3.05, 3.63) is 40.1 Å². The van der Waals surface area contributed by atoms with Crippen LogP contribution in [-0.2, 0) is 6.54 Å². The van der Waals surface area contributed by atoms with Crippen LogP contribution in [0.25, 0.3) is 0 Å². The van der Waals surface area contributed by atoms with Crippen molar-refractivity contribution >= 4 is 29.0 Å². The second-order valence-corrected chi connectivity index (χ2v) is 5.90. The Kier molecular flexibility index (Phi) is 6.42. The third-order valence-corrected chi connectivity index (χ3v) is 4.07. The lowest BCUT2D eigenvalue weighted by Gasteiger charge is -2.13. The number of hydrogen-bond donors (Lipinski definition) is 1. The number of aromatic nitrogens is 3. The molecule has 7 heteroatoms. The van der Waals surface area contributed by atoms with Crippen LogP contribution in [0.5, 0.6) is 5.75 Å². The lowest BCUT2D eigenvalue weighted by molar-refractivity contribution is 0.315. The van der Waals surface area contributed by atoms with Crippen LogP contribution in [0.15, 0.2) is 12.3 Å². The number of nitrogens with zero attached hydrogens (tertiary/aromatic N) is 3. The minimum absolute atomic E-state index is 0.508. The molecular weight excluding hydrogens is 335 g/mol. The molecule has 0 fully saturated rings. The van der Waals surface area contributed by atoms with Gasteiger partial charge in [-0.1, -0.05) is 11.6 Å². The number of rotatable bonds is 7. The van der Waals surface area contributed by atoms with Crippen LogP contribution in [0.4, 0.5) is 5.82 Å². The van der Waals surface area contributed by atoms with Gasteiger partial charge in [-0.25, -0.2) is 9.97 Å². The first-order chi connectivity index (χ1) is 11.0. The van der Waals surface area contributed by atoms with Crippen molar-refractivity contribution in [1.29, 1.82) is 0 Å². The zero-order chi connectivity index (χ0) is 16.8. The maximum Gasteiger partial charge on any atom is 0.149 e. The van der Waals surface area contributed by atoms with Crippen LogP contribution < -0.4 is 10.1 Å². The second kappa shape index (κ2) is 8.31. The molecule has 1 N–H and O–H groups in total. The molecule has 0 radical (unpaired) electrons. The van der Waals surface area contributed by atoms with E-state index in [-0.39, 0.29) is 0 Å². The summed E-state index contributed by atoms with van der Waals surface area (Å²) in [6.45, 7) is 6.78. The van der Waals surface area contributed by atoms with Crippen molar-refractivity contribution in [2.75, 3.05) is 17.8 Å². The standard InChI is InChI=1S/C16H20Cl2N4O/c1-10-13(19-7-5-14(10)23-8-4-6-17)9-20-16-15(18)11(2)21-12(3)22-16/h5,7H,4,6,8-9H2,1-3H3,(H,20,21,22). The highest BCUT2D eigenvalue weighted by Crippen LogP contribution is 2.24. The average Bonchev–Trinajstić information content (AvgIpc) is 2.52. The number of aryl methyl sites for hydroxylation is 2. The summed E-state index contributed by atoms with van der Waals surface area (Å²) < 4.78 is 5.73. The molecule has 0 aliphatic rings. The van der Waals surface area contributed by atoms with E-state index in [1.165, 1.54) is 0 Å². The highest BCUT2D eigenvalue weighted by atomic mass is 35.5. The second-order valence-electron chi connectivity index (χ2n) is 5.14. The van der Waals surface area contributed by atoms with Crippen LogP contribution in [0.2, 0.25) is 5.02 Å². The molecular formula is C16H20Cl2N4O. The number of halogens is 2. The molecule has 23 heavy (non-hydrogen) atoms. The zero-order valence-corrected chi connectivity index (χ0v) is 15.0. The fraction of sp³-hybridized carbons (Fsp3) is 0.438. The minimum Gasteiger partial charge on any atom is -0.493 e. The van der Waals surface area contributed by atoms with E-state index < -0.39 is 0 Å². The molecule has 0 amide bonds. The molecule has 0 saturated heterocycles. The number of alkyl halides is 1. The average molecular weight is 355 g/mol. The predicted molar refractivity (Wildman–Crippen MR) is 93.6 cm³/mol. The van der Waals surface area contributed by atoms with Crippen molar-refractivity contribution in [1.82, 2.24) is 15.0 Å². The Balaban J connectivity index is 2.10. The maximum atomic E-state index is 6.24. The lowest BCUT2D eigenvalue weighted by atomic mass is 10.2. The molecule has 0 aliphatic carbocycles. The van der Waals surface area contributed by atoms with E-state index in [9.17, 15) is 0 Å². The van der Waals surface area contributed by atoms with Crippen molar-refractivity contribution in [3.63, 3.8) is 0 Å². The fourth-order valence-electron chi connectivity index (χ4n) is 2.11. The van der Waals surface area contributed by atoms with Gasteiger partial charge in [-0.2, -0.15) is 0 Å². The summed E-state index contributed by atoms with van der Waals surface area (Å²) in [4.78, 5) is 13.0. The summed E-state index contributed by atoms with van der Waals surface area (Å²) in [7, 11) is 0. The summed E-state index contributed by atoms with van der Waals surface area (Å²) >= 11 is 11.9. The number of nitrogens with one attached hydrogen (secondary N) is 1. The molecule has 0 bridgehead atoms. The fourth-order valence-corrected chi connectivity index (χ4v) is 2.37. The Labute approximate surface area is 146 Å². The summed E-state index contributed by atoms with van der Waals surface area (Å²) in [5.41, 5.74) is 2.64. The Morgan fingerprint density at radius 3 is 2.74 bits per heavy atom. The molecule has 2 rings (SSSR count). The largest absolute Gasteiger partial charge is 0.493 e. The van der Waals surface area contributed by atoms with E-state index >= 15 is 0 Å². The third-order valence-electron chi connectivity index (χ3n) is 3.35. The molecule has 0 saturated carbocycles. The van der Waals surface area contributed by atoms with Crippen LogP contribution in [0.3, 0.4) is 0 Å². The molecule has 2 heterocycles. The van der Waals surface area contributed by atoms with Crippen molar-refractivity contribution in [2.24, 2.45) is 0 Å². The zero-order valence-electron chi connectivity index (χ0n) is 13.5. The Bertz CT molecular complexity index is 679. The van der Waals surface area contributed by atoms with E-state index in [1.807, 2.05) is 26.8 Å². The van der Waals surface area contributed by atoms with E-state index in [0.717, 1.165) is 29.1 Å². The van der Waals surface area contributed by atoms with E-state index in [0.29, 0.717) is 35.7 Å². The van der Waals surface area contributed by atoms with Crippen molar-refractivity contribution in [2.45, 2.75) is 33.7 Å². The van der Waals surface area contributed by atoms with Gasteiger partial charge in [0.1, 0.15) is 22.4 Å². The first-order valence-electron chi connectivity index (χ1n) is 7.40. The Hall–Kier alpha value is -1.59. The van der Waals surface area contributed by atoms with Gasteiger partial charge in [0.2, 0.25) is 0 Å². The Morgan fingerprint density at radius 2 is 2.00 bits per heavy atom. The molecule has 2 aromatic heterocycles. The molecule has 0 unspecified atom stereocenters. The van der Waals surface area contributed by atoms with Crippen molar-refractivity contribution in [3.8, 4) is 5.75 Å². The SMILES string of the molecule is Cc1nc(C)c(Cl)c(NCc2nccc(OCCCCl)c2C)n1. The highest BCUT2D eigenvalue weighted by Gasteiger charge is 2.10. The van der Waals surface area contributed by atoms with E-state index in [1.54, 1.807) is 6.20 Å². The molecule has 0 atom stereocenters. The van der Waals surface area contributed by atoms with Gasteiger partial charge in [0.25, 0.3) is 0 Å². The lowest BCUT2D eigenvalue weighted by Crippen LogP contribution is -2.09. The van der Waals surface area contributed by atoms with E-state index in [4.69, 9.17) is 27.9 Å². The Morgan fingerprint density at radius 1 is 1.22 bits per heavy atom. The van der Waals surface area contributed by atoms with Gasteiger partial charge in [-0.15, -0.1) is 11.6 Å². The van der Waals surface area contributed by atoms with Crippen LogP contribution in [0, 0.1) is 20.8 Å². The normalized spacial score (nSPS) is 10.7. The van der Waals surface area contributed by atoms with E-state index in [2.05, 4.69) is 20.3 Å². The van der Waals surface area contributed by atoms with Crippen LogP contribution >= 0.6 is 23.2 Å². The smallest absolute Gasteiger partial charge is 0.149 e. The molecule has 2 aromatic rings. The van der Waals surface area contributed by atoms with Crippen LogP contribution in [0.1, 0.15) is 29.2 Å². The molecule has 0 spiro atoms. The first-order valence-corrected chi connectivity index (χ1v) is 8.32. The number of anilines is 1. The van der Waals surface area contributed by atoms with Crippen molar-refractivity contribution < 1.29 is 4.74 Å². The van der Waals surface area contributed by atoms with Gasteiger partial charge in [0.05, 0.1) is 24.5 Å². The van der Waals surface area contributed by atoms with Gasteiger partial charge < -0.3 is 10.1 Å². The molecule has 0 aromatic carbocycles. The molecule has 124 valence electrons. The first kappa shape index (κ1) is 17.8.